The largest absolute Gasteiger partial charge is 0.395 e. The number of nitrogens with zero attached hydrogens (tertiary/aromatic N) is 1. The first-order valence-electron chi connectivity index (χ1n) is 3.92. The summed E-state index contributed by atoms with van der Waals surface area (Å²) in [5.74, 6) is 0. The van der Waals surface area contributed by atoms with E-state index < -0.39 is 0 Å². The predicted octanol–water partition coefficient (Wildman–Crippen LogP) is -0.201. The van der Waals surface area contributed by atoms with Gasteiger partial charge in [-0.1, -0.05) is 0 Å². The van der Waals surface area contributed by atoms with E-state index in [-0.39, 0.29) is 6.61 Å². The van der Waals surface area contributed by atoms with Crippen LogP contribution in [0.25, 0.3) is 0 Å². The van der Waals surface area contributed by atoms with Crippen molar-refractivity contribution in [3.05, 3.63) is 0 Å². The Morgan fingerprint density at radius 1 is 1.60 bits per heavy atom. The Labute approximate surface area is 60.6 Å². The molecule has 3 nitrogen and oxygen atoms in total. The molecule has 2 unspecified atom stereocenters. The molecular formula is C7H13NO2. The molecule has 2 aliphatic heterocycles. The first-order chi connectivity index (χ1) is 4.92. The third kappa shape index (κ3) is 1.05. The van der Waals surface area contributed by atoms with Gasteiger partial charge < -0.3 is 9.84 Å². The number of hydrogen-bond donors (Lipinski definition) is 1. The zero-order valence-electron chi connectivity index (χ0n) is 5.99. The van der Waals surface area contributed by atoms with E-state index in [0.717, 1.165) is 13.1 Å². The minimum Gasteiger partial charge on any atom is -0.395 e. The van der Waals surface area contributed by atoms with Crippen LogP contribution in [0.4, 0.5) is 0 Å². The number of β-amino-alcohol motifs (C(OH)–C–C–N with tert-alkyl or cyclic N) is 1. The van der Waals surface area contributed by atoms with E-state index in [9.17, 15) is 0 Å². The molecule has 2 fully saturated rings. The summed E-state index contributed by atoms with van der Waals surface area (Å²) in [5, 5.41) is 8.66. The summed E-state index contributed by atoms with van der Waals surface area (Å²) in [7, 11) is 0. The van der Waals surface area contributed by atoms with Gasteiger partial charge in [0.15, 0.2) is 0 Å². The van der Waals surface area contributed by atoms with Gasteiger partial charge in [-0.15, -0.1) is 0 Å². The third-order valence-electron chi connectivity index (χ3n) is 2.24. The lowest BCUT2D eigenvalue weighted by Crippen LogP contribution is -2.35. The number of aliphatic hydroxyl groups is 1. The molecule has 1 N–H and O–H groups in total. The third-order valence-corrected chi connectivity index (χ3v) is 2.24. The molecule has 0 aromatic rings. The summed E-state index contributed by atoms with van der Waals surface area (Å²) < 4.78 is 5.36. The molecule has 0 aromatic heterocycles. The summed E-state index contributed by atoms with van der Waals surface area (Å²) in [6, 6.07) is 0. The fraction of sp³-hybridized carbons (Fsp3) is 1.00. The number of epoxide rings is 1. The van der Waals surface area contributed by atoms with E-state index in [1.807, 2.05) is 0 Å². The molecule has 2 atom stereocenters. The van der Waals surface area contributed by atoms with Crippen molar-refractivity contribution in [2.45, 2.75) is 25.2 Å². The first kappa shape index (κ1) is 6.58. The highest BCUT2D eigenvalue weighted by Gasteiger charge is 2.45. The van der Waals surface area contributed by atoms with Gasteiger partial charge in [-0.2, -0.15) is 0 Å². The number of aliphatic hydroxyl groups excluding tert-OH is 1. The number of ether oxygens (including phenoxy) is 1. The average Bonchev–Trinajstić information content (AvgIpc) is 2.67. The van der Waals surface area contributed by atoms with Crippen LogP contribution >= 0.6 is 0 Å². The lowest BCUT2D eigenvalue weighted by Gasteiger charge is -2.21. The number of hydrogen-bond acceptors (Lipinski definition) is 3. The minimum absolute atomic E-state index is 0.257. The normalized spacial score (nSPS) is 39.3. The van der Waals surface area contributed by atoms with Crippen molar-refractivity contribution < 1.29 is 9.84 Å². The van der Waals surface area contributed by atoms with Crippen molar-refractivity contribution >= 4 is 0 Å². The molecule has 2 heterocycles. The molecule has 0 radical (unpaired) electrons. The monoisotopic (exact) mass is 143 g/mol. The Bertz CT molecular complexity index is 127. The van der Waals surface area contributed by atoms with Gasteiger partial charge in [0.25, 0.3) is 0 Å². The number of fused-ring (bicyclic) bond motifs is 1. The molecule has 2 rings (SSSR count). The Morgan fingerprint density at radius 3 is 3.30 bits per heavy atom. The summed E-state index contributed by atoms with van der Waals surface area (Å²) in [6.07, 6.45) is 3.30. The second kappa shape index (κ2) is 2.49. The van der Waals surface area contributed by atoms with E-state index in [4.69, 9.17) is 9.84 Å². The van der Waals surface area contributed by atoms with Crippen molar-refractivity contribution in [1.82, 2.24) is 4.90 Å². The van der Waals surface area contributed by atoms with Crippen molar-refractivity contribution in [3.63, 3.8) is 0 Å². The van der Waals surface area contributed by atoms with Crippen LogP contribution in [0.5, 0.6) is 0 Å². The van der Waals surface area contributed by atoms with E-state index in [1.54, 1.807) is 0 Å². The van der Waals surface area contributed by atoms with Gasteiger partial charge in [-0.25, -0.2) is 0 Å². The molecule has 0 amide bonds. The van der Waals surface area contributed by atoms with Gasteiger partial charge in [0.05, 0.1) is 12.7 Å². The molecule has 0 aliphatic carbocycles. The quantitative estimate of drug-likeness (QED) is 0.544. The van der Waals surface area contributed by atoms with Gasteiger partial charge in [-0.3, -0.25) is 4.90 Å². The Hall–Kier alpha value is -0.120. The molecule has 10 heavy (non-hydrogen) atoms. The standard InChI is InChI=1S/C7H13NO2/c9-5-4-8-3-1-2-6-7(8)10-6/h6-7,9H,1-5H2. The summed E-state index contributed by atoms with van der Waals surface area (Å²) in [6.45, 7) is 2.13. The van der Waals surface area contributed by atoms with Crippen molar-refractivity contribution in [3.8, 4) is 0 Å². The summed E-state index contributed by atoms with van der Waals surface area (Å²) in [5.41, 5.74) is 0. The highest BCUT2D eigenvalue weighted by molar-refractivity contribution is 4.89. The van der Waals surface area contributed by atoms with Gasteiger partial charge in [0, 0.05) is 13.1 Å². The fourth-order valence-corrected chi connectivity index (χ4v) is 1.66. The smallest absolute Gasteiger partial charge is 0.137 e. The highest BCUT2D eigenvalue weighted by atomic mass is 16.6. The maximum atomic E-state index is 8.66. The van der Waals surface area contributed by atoms with E-state index in [2.05, 4.69) is 4.90 Å². The van der Waals surface area contributed by atoms with Crippen LogP contribution in [0.1, 0.15) is 12.8 Å². The van der Waals surface area contributed by atoms with Crippen molar-refractivity contribution in [1.29, 1.82) is 0 Å². The fourth-order valence-electron chi connectivity index (χ4n) is 1.66. The van der Waals surface area contributed by atoms with Crippen molar-refractivity contribution in [2.24, 2.45) is 0 Å². The van der Waals surface area contributed by atoms with Crippen LogP contribution in [-0.2, 0) is 4.74 Å². The second-order valence-electron chi connectivity index (χ2n) is 2.97. The van der Waals surface area contributed by atoms with E-state index in [1.165, 1.54) is 12.8 Å². The first-order valence-corrected chi connectivity index (χ1v) is 3.92. The highest BCUT2D eigenvalue weighted by Crippen LogP contribution is 2.33. The minimum atomic E-state index is 0.257. The molecule has 0 spiro atoms. The van der Waals surface area contributed by atoms with Crippen molar-refractivity contribution in [2.75, 3.05) is 19.7 Å². The van der Waals surface area contributed by atoms with Gasteiger partial charge in [-0.05, 0) is 12.8 Å². The van der Waals surface area contributed by atoms with Gasteiger partial charge >= 0.3 is 0 Å². The maximum Gasteiger partial charge on any atom is 0.137 e. The molecule has 0 aromatic carbocycles. The molecule has 0 bridgehead atoms. The van der Waals surface area contributed by atoms with Gasteiger partial charge in [0.2, 0.25) is 0 Å². The Kier molecular flexibility index (Phi) is 1.64. The van der Waals surface area contributed by atoms with Crippen LogP contribution in [-0.4, -0.2) is 42.0 Å². The number of rotatable bonds is 2. The van der Waals surface area contributed by atoms with Crippen LogP contribution in [0.2, 0.25) is 0 Å². The SMILES string of the molecule is OCCN1CCCC2OC21. The average molecular weight is 143 g/mol. The van der Waals surface area contributed by atoms with Crippen LogP contribution in [0.3, 0.4) is 0 Å². The molecule has 2 saturated heterocycles. The lowest BCUT2D eigenvalue weighted by atomic mass is 10.1. The number of likely N-dealkylation sites (tertiary alicyclic amines) is 1. The molecule has 3 heteroatoms. The molecule has 2 aliphatic rings. The zero-order chi connectivity index (χ0) is 6.97. The zero-order valence-corrected chi connectivity index (χ0v) is 5.99. The maximum absolute atomic E-state index is 8.66. The molecular weight excluding hydrogens is 130 g/mol. The summed E-state index contributed by atoms with van der Waals surface area (Å²) >= 11 is 0. The Balaban J connectivity index is 1.84. The molecule has 0 saturated carbocycles. The Morgan fingerprint density at radius 2 is 2.50 bits per heavy atom. The predicted molar refractivity (Wildman–Crippen MR) is 36.6 cm³/mol. The second-order valence-corrected chi connectivity index (χ2v) is 2.97. The van der Waals surface area contributed by atoms with Crippen LogP contribution in [0.15, 0.2) is 0 Å². The van der Waals surface area contributed by atoms with E-state index >= 15 is 0 Å². The van der Waals surface area contributed by atoms with Crippen LogP contribution < -0.4 is 0 Å². The summed E-state index contributed by atoms with van der Waals surface area (Å²) in [4.78, 5) is 2.22. The van der Waals surface area contributed by atoms with Gasteiger partial charge in [0.1, 0.15) is 6.23 Å². The van der Waals surface area contributed by atoms with E-state index in [0.29, 0.717) is 12.3 Å². The topological polar surface area (TPSA) is 36.0 Å². The number of piperidine rings is 1. The lowest BCUT2D eigenvalue weighted by molar-refractivity contribution is 0.138. The molecule has 58 valence electrons. The van der Waals surface area contributed by atoms with Crippen LogP contribution in [0, 0.1) is 0 Å².